The second-order valence-corrected chi connectivity index (χ2v) is 12.3. The number of nitrogens with zero attached hydrogens (tertiary/aromatic N) is 2. The predicted octanol–water partition coefficient (Wildman–Crippen LogP) is 4.74. The van der Waals surface area contributed by atoms with E-state index in [0.717, 1.165) is 19.0 Å². The van der Waals surface area contributed by atoms with Crippen LogP contribution in [0, 0.1) is 10.5 Å². The van der Waals surface area contributed by atoms with Crippen LogP contribution in [0.1, 0.15) is 31.9 Å². The summed E-state index contributed by atoms with van der Waals surface area (Å²) in [5, 5.41) is 2.86. The molecule has 3 aromatic carbocycles. The first-order chi connectivity index (χ1) is 17.5. The maximum Gasteiger partial charge on any atom is 0.264 e. The average Bonchev–Trinajstić information content (AvgIpc) is 2.86. The molecule has 0 unspecified atom stereocenters. The lowest BCUT2D eigenvalue weighted by atomic mass is 10.1. The summed E-state index contributed by atoms with van der Waals surface area (Å²) >= 11 is 2.14. The smallest absolute Gasteiger partial charge is 0.264 e. The first kappa shape index (κ1) is 28.6. The van der Waals surface area contributed by atoms with Crippen molar-refractivity contribution >= 4 is 50.1 Å². The molecular formula is C28H32IN3O4S. The number of rotatable bonds is 10. The Morgan fingerprint density at radius 1 is 0.919 bits per heavy atom. The standard InChI is InChI=1S/C28H32IN3O4S/c1-20(2)30-28(34)22(4)31(18-23-10-8-9-21(3)17-23)27(33)19-32(25-15-13-24(29)14-16-25)37(35,36)26-11-6-5-7-12-26/h5-17,20,22H,18-19H2,1-4H3,(H,30,34)/t22-/m1/s1. The van der Waals surface area contributed by atoms with E-state index in [0.29, 0.717) is 5.69 Å². The molecule has 0 bridgehead atoms. The van der Waals surface area contributed by atoms with Crippen molar-refractivity contribution in [3.63, 3.8) is 0 Å². The van der Waals surface area contributed by atoms with Gasteiger partial charge in [-0.2, -0.15) is 0 Å². The highest BCUT2D eigenvalue weighted by Gasteiger charge is 2.32. The fourth-order valence-electron chi connectivity index (χ4n) is 3.85. The van der Waals surface area contributed by atoms with Crippen LogP contribution in [-0.4, -0.2) is 43.8 Å². The minimum Gasteiger partial charge on any atom is -0.352 e. The molecule has 37 heavy (non-hydrogen) atoms. The molecule has 0 fully saturated rings. The van der Waals surface area contributed by atoms with Gasteiger partial charge in [0.1, 0.15) is 12.6 Å². The van der Waals surface area contributed by atoms with Crippen molar-refractivity contribution in [2.45, 2.75) is 51.2 Å². The van der Waals surface area contributed by atoms with Gasteiger partial charge in [-0.25, -0.2) is 8.42 Å². The summed E-state index contributed by atoms with van der Waals surface area (Å²) in [4.78, 5) is 28.3. The zero-order chi connectivity index (χ0) is 27.2. The zero-order valence-electron chi connectivity index (χ0n) is 21.4. The number of sulfonamides is 1. The molecule has 9 heteroatoms. The Morgan fingerprint density at radius 2 is 1.57 bits per heavy atom. The third-order valence-electron chi connectivity index (χ3n) is 5.76. The third kappa shape index (κ3) is 7.54. The summed E-state index contributed by atoms with van der Waals surface area (Å²) in [6.45, 7) is 7.02. The lowest BCUT2D eigenvalue weighted by Gasteiger charge is -2.32. The van der Waals surface area contributed by atoms with E-state index in [1.165, 1.54) is 17.0 Å². The maximum absolute atomic E-state index is 13.8. The number of amides is 2. The van der Waals surface area contributed by atoms with Crippen LogP contribution in [-0.2, 0) is 26.2 Å². The predicted molar refractivity (Wildman–Crippen MR) is 155 cm³/mol. The first-order valence-corrected chi connectivity index (χ1v) is 14.5. The van der Waals surface area contributed by atoms with E-state index in [-0.39, 0.29) is 23.4 Å². The number of nitrogens with one attached hydrogen (secondary N) is 1. The van der Waals surface area contributed by atoms with E-state index in [1.807, 2.05) is 45.0 Å². The lowest BCUT2D eigenvalue weighted by molar-refractivity contribution is -0.139. The topological polar surface area (TPSA) is 86.8 Å². The normalized spacial score (nSPS) is 12.2. The van der Waals surface area contributed by atoms with Crippen molar-refractivity contribution in [3.8, 4) is 0 Å². The van der Waals surface area contributed by atoms with Crippen molar-refractivity contribution in [1.29, 1.82) is 0 Å². The minimum atomic E-state index is -4.06. The monoisotopic (exact) mass is 633 g/mol. The Labute approximate surface area is 233 Å². The van der Waals surface area contributed by atoms with Gasteiger partial charge < -0.3 is 10.2 Å². The van der Waals surface area contributed by atoms with Crippen LogP contribution in [0.25, 0.3) is 0 Å². The van der Waals surface area contributed by atoms with Crippen molar-refractivity contribution in [3.05, 3.63) is 93.6 Å². The summed E-state index contributed by atoms with van der Waals surface area (Å²) in [6, 6.07) is 21.7. The summed E-state index contributed by atoms with van der Waals surface area (Å²) in [5.41, 5.74) is 2.24. The van der Waals surface area contributed by atoms with Crippen LogP contribution in [0.15, 0.2) is 83.8 Å². The third-order valence-corrected chi connectivity index (χ3v) is 8.27. The Morgan fingerprint density at radius 3 is 2.16 bits per heavy atom. The van der Waals surface area contributed by atoms with Gasteiger partial charge in [0.25, 0.3) is 10.0 Å². The summed E-state index contributed by atoms with van der Waals surface area (Å²) in [5.74, 6) is -0.784. The van der Waals surface area contributed by atoms with Gasteiger partial charge in [-0.3, -0.25) is 13.9 Å². The summed E-state index contributed by atoms with van der Waals surface area (Å²) in [7, 11) is -4.06. The van der Waals surface area contributed by atoms with E-state index in [9.17, 15) is 18.0 Å². The molecule has 0 radical (unpaired) electrons. The quantitative estimate of drug-likeness (QED) is 0.327. The molecule has 1 N–H and O–H groups in total. The lowest BCUT2D eigenvalue weighted by Crippen LogP contribution is -2.52. The van der Waals surface area contributed by atoms with Gasteiger partial charge in [0.15, 0.2) is 0 Å². The number of benzene rings is 3. The van der Waals surface area contributed by atoms with Crippen molar-refractivity contribution in [2.24, 2.45) is 0 Å². The molecule has 0 heterocycles. The molecule has 0 saturated heterocycles. The molecule has 3 rings (SSSR count). The average molecular weight is 634 g/mol. The molecule has 0 aromatic heterocycles. The van der Waals surface area contributed by atoms with Crippen molar-refractivity contribution < 1.29 is 18.0 Å². The molecule has 3 aromatic rings. The Hall–Kier alpha value is -2.92. The van der Waals surface area contributed by atoms with Gasteiger partial charge in [0.05, 0.1) is 10.6 Å². The maximum atomic E-state index is 13.8. The number of anilines is 1. The Bertz CT molecular complexity index is 1330. The highest BCUT2D eigenvalue weighted by Crippen LogP contribution is 2.25. The van der Waals surface area contributed by atoms with Crippen LogP contribution in [0.5, 0.6) is 0 Å². The van der Waals surface area contributed by atoms with E-state index in [4.69, 9.17) is 0 Å². The van der Waals surface area contributed by atoms with Crippen LogP contribution in [0.2, 0.25) is 0 Å². The molecular weight excluding hydrogens is 601 g/mol. The van der Waals surface area contributed by atoms with Gasteiger partial charge in [0, 0.05) is 16.2 Å². The van der Waals surface area contributed by atoms with E-state index in [1.54, 1.807) is 49.4 Å². The summed E-state index contributed by atoms with van der Waals surface area (Å²) in [6.07, 6.45) is 0. The Kier molecular flexibility index (Phi) is 9.72. The van der Waals surface area contributed by atoms with Gasteiger partial charge in [0.2, 0.25) is 11.8 Å². The van der Waals surface area contributed by atoms with Gasteiger partial charge in [-0.15, -0.1) is 0 Å². The van der Waals surface area contributed by atoms with E-state index in [2.05, 4.69) is 27.9 Å². The first-order valence-electron chi connectivity index (χ1n) is 12.0. The minimum absolute atomic E-state index is 0.0807. The number of carbonyl (C=O) groups excluding carboxylic acids is 2. The number of halogens is 1. The van der Waals surface area contributed by atoms with Gasteiger partial charge >= 0.3 is 0 Å². The van der Waals surface area contributed by atoms with Crippen molar-refractivity contribution in [2.75, 3.05) is 10.8 Å². The van der Waals surface area contributed by atoms with Crippen molar-refractivity contribution in [1.82, 2.24) is 10.2 Å². The number of aryl methyl sites for hydroxylation is 1. The fourth-order valence-corrected chi connectivity index (χ4v) is 5.65. The second-order valence-electron chi connectivity index (χ2n) is 9.15. The van der Waals surface area contributed by atoms with Crippen LogP contribution >= 0.6 is 22.6 Å². The zero-order valence-corrected chi connectivity index (χ0v) is 24.4. The van der Waals surface area contributed by atoms with Crippen LogP contribution < -0.4 is 9.62 Å². The molecule has 7 nitrogen and oxygen atoms in total. The summed E-state index contributed by atoms with van der Waals surface area (Å²) < 4.78 is 29.4. The number of hydrogen-bond acceptors (Lipinski definition) is 4. The molecule has 1 atom stereocenters. The number of hydrogen-bond donors (Lipinski definition) is 1. The molecule has 196 valence electrons. The second kappa shape index (κ2) is 12.6. The molecule has 0 aliphatic heterocycles. The highest BCUT2D eigenvalue weighted by molar-refractivity contribution is 14.1. The van der Waals surface area contributed by atoms with E-state index < -0.39 is 28.5 Å². The molecule has 0 saturated carbocycles. The molecule has 2 amide bonds. The van der Waals surface area contributed by atoms with Crippen LogP contribution in [0.3, 0.4) is 0 Å². The van der Waals surface area contributed by atoms with Gasteiger partial charge in [-0.05, 0) is 92.2 Å². The van der Waals surface area contributed by atoms with E-state index >= 15 is 0 Å². The number of carbonyl (C=O) groups is 2. The van der Waals surface area contributed by atoms with Crippen LogP contribution in [0.4, 0.5) is 5.69 Å². The van der Waals surface area contributed by atoms with Gasteiger partial charge in [-0.1, -0.05) is 48.0 Å². The highest BCUT2D eigenvalue weighted by atomic mass is 127. The molecule has 0 aliphatic carbocycles. The fraction of sp³-hybridized carbons (Fsp3) is 0.286. The molecule has 0 spiro atoms. The Balaban J connectivity index is 2.01. The molecule has 0 aliphatic rings. The largest absolute Gasteiger partial charge is 0.352 e. The SMILES string of the molecule is Cc1cccc(CN(C(=O)CN(c2ccc(I)cc2)S(=O)(=O)c2ccccc2)[C@H](C)C(=O)NC(C)C)c1.